The molecule has 3 aliphatic rings. The molecule has 0 aromatic heterocycles. The lowest BCUT2D eigenvalue weighted by Gasteiger charge is -2.35. The van der Waals surface area contributed by atoms with Crippen LogP contribution < -0.4 is 114 Å². The van der Waals surface area contributed by atoms with Gasteiger partial charge in [-0.15, -0.1) is 0 Å². The normalized spacial score (nSPS) is 21.8. The lowest BCUT2D eigenvalue weighted by molar-refractivity contribution is -0.143. The number of aliphatic hydroxyl groups excluding tert-OH is 2. The van der Waals surface area contributed by atoms with Gasteiger partial charge in [0.05, 0.1) is 156 Å². The van der Waals surface area contributed by atoms with Gasteiger partial charge in [-0.1, -0.05) is 73.0 Å². The number of rotatable bonds is 67. The van der Waals surface area contributed by atoms with Crippen LogP contribution in [0.5, 0.6) is 0 Å². The Bertz CT molecular complexity index is 4200. The van der Waals surface area contributed by atoms with E-state index in [2.05, 4.69) is 85.1 Å². The molecular weight excluding hydrogens is 1920 g/mol. The minimum atomic E-state index is -2.14. The third-order valence-electron chi connectivity index (χ3n) is 23.7. The van der Waals surface area contributed by atoms with Crippen molar-refractivity contribution in [3.05, 3.63) is 12.2 Å². The van der Waals surface area contributed by atoms with Gasteiger partial charge >= 0.3 is 12.0 Å². The van der Waals surface area contributed by atoms with E-state index in [1.807, 2.05) is 11.8 Å². The van der Waals surface area contributed by atoms with E-state index in [1.165, 1.54) is 48.5 Å². The Kier molecular flexibility index (Phi) is 60.2. The number of ether oxygens (including phenoxy) is 8. The Morgan fingerprint density at radius 1 is 0.486 bits per heavy atom. The van der Waals surface area contributed by atoms with Gasteiger partial charge in [0, 0.05) is 36.9 Å². The van der Waals surface area contributed by atoms with E-state index in [0.717, 1.165) is 38.9 Å². The molecule has 818 valence electrons. The Balaban J connectivity index is 1.64. The van der Waals surface area contributed by atoms with Crippen LogP contribution in [0.2, 0.25) is 0 Å². The highest BCUT2D eigenvalue weighted by Crippen LogP contribution is 2.33. The molecule has 0 spiro atoms. The summed E-state index contributed by atoms with van der Waals surface area (Å²) in [5.41, 5.74) is 23.4. The number of urea groups is 1. The first-order valence-electron chi connectivity index (χ1n) is 48.7. The largest absolute Gasteiger partial charge is 0.481 e. The van der Waals surface area contributed by atoms with Crippen LogP contribution in [0.4, 0.5) is 4.79 Å². The second-order valence-electron chi connectivity index (χ2n) is 36.4. The Morgan fingerprint density at radius 3 is 1.47 bits per heavy atom. The number of carboxylic acid groups (broad SMARTS) is 1. The van der Waals surface area contributed by atoms with E-state index in [9.17, 15) is 106 Å². The molecule has 144 heavy (non-hydrogen) atoms. The number of primary amides is 4. The maximum absolute atomic E-state index is 15.0. The number of fused-ring (bicyclic) bond motifs is 1. The van der Waals surface area contributed by atoms with Crippen LogP contribution in [0.25, 0.3) is 0 Å². The minimum absolute atomic E-state index is 0.0118. The number of thioether (sulfide) groups is 1. The zero-order valence-corrected chi connectivity index (χ0v) is 85.2. The molecule has 20 atom stereocenters. The molecule has 0 saturated carbocycles. The highest BCUT2D eigenvalue weighted by molar-refractivity contribution is 8.00. The van der Waals surface area contributed by atoms with E-state index >= 15 is 4.79 Å². The number of carbonyl (C=O) groups is 20. The Hall–Kier alpha value is -11.1. The third kappa shape index (κ3) is 49.2. The van der Waals surface area contributed by atoms with Gasteiger partial charge in [0.1, 0.15) is 77.5 Å². The first-order chi connectivity index (χ1) is 68.1. The van der Waals surface area contributed by atoms with Gasteiger partial charge in [-0.2, -0.15) is 11.8 Å². The van der Waals surface area contributed by atoms with Crippen molar-refractivity contribution >= 4 is 130 Å². The fraction of sp³-hybridized carbons (Fsp3) is 0.758. The predicted molar refractivity (Wildman–Crippen MR) is 519 cm³/mol. The van der Waals surface area contributed by atoms with Crippen molar-refractivity contribution in [3.63, 3.8) is 0 Å². The molecule has 0 radical (unpaired) electrons. The number of hydrogen-bond acceptors (Lipinski definition) is 32. The molecule has 29 N–H and O–H groups in total. The molecule has 0 unspecified atom stereocenters. The van der Waals surface area contributed by atoms with Crippen LogP contribution in [0, 0.1) is 17.8 Å². The van der Waals surface area contributed by atoms with Crippen molar-refractivity contribution in [2.75, 3.05) is 125 Å². The summed E-state index contributed by atoms with van der Waals surface area (Å²) in [5, 5.41) is 72.1. The second-order valence-corrected chi connectivity index (χ2v) is 37.6. The summed E-state index contributed by atoms with van der Waals surface area (Å²) in [7, 11) is 0. The number of amides is 20. The van der Waals surface area contributed by atoms with Crippen molar-refractivity contribution in [3.8, 4) is 0 Å². The molecule has 2 fully saturated rings. The fourth-order valence-electron chi connectivity index (χ4n) is 14.8. The predicted octanol–water partition coefficient (Wildman–Crippen LogP) is -7.19. The fourth-order valence-corrected chi connectivity index (χ4v) is 16.3. The zero-order chi connectivity index (χ0) is 108. The molecule has 3 aliphatic heterocycles. The minimum Gasteiger partial charge on any atom is -0.481 e. The van der Waals surface area contributed by atoms with Gasteiger partial charge in [-0.3, -0.25) is 91.1 Å². The summed E-state index contributed by atoms with van der Waals surface area (Å²) in [6.07, 6.45) is -1.32. The van der Waals surface area contributed by atoms with E-state index in [-0.39, 0.29) is 115 Å². The lowest BCUT2D eigenvalue weighted by atomic mass is 9.90. The molecule has 0 aromatic carbocycles. The first-order valence-corrected chi connectivity index (χ1v) is 49.8. The number of hydrogen-bond donors (Lipinski definition) is 24. The van der Waals surface area contributed by atoms with E-state index < -0.39 is 252 Å². The average Bonchev–Trinajstić information content (AvgIpc) is 1.79. The van der Waals surface area contributed by atoms with Gasteiger partial charge in [-0.05, 0) is 110 Å². The molecule has 0 aromatic rings. The third-order valence-corrected chi connectivity index (χ3v) is 25.3. The van der Waals surface area contributed by atoms with Gasteiger partial charge in [0.25, 0.3) is 0 Å². The van der Waals surface area contributed by atoms with Crippen LogP contribution in [-0.2, 0) is 129 Å². The van der Waals surface area contributed by atoms with Crippen LogP contribution >= 0.6 is 11.8 Å². The number of nitrogens with two attached hydrogens (primary N) is 5. The van der Waals surface area contributed by atoms with Crippen molar-refractivity contribution < 1.29 is 149 Å². The average molecular weight is 2070 g/mol. The first kappa shape index (κ1) is 127. The SMILES string of the molecule is CC[C@H](C)[C@H](NC(=O)[C@H](C)NC(=O)[C@H](CC(N)=O)NC(=O)[C@H](CCC(N)=O)NC(=O)[C@@H](N)[C@@H](C)O)C(=O)N[C@@H](CC(=O)O)C(=O)N[C@@]1(C)CCC/C=C\CCC[C@@](C)(C(=O)N[C@H](C(=O)N[C@@H](CC(N)=O)C(=O)NCCOCCOCCOCCOCCOCCOCCOCCOCCNC(=O)CCCC[C@@H]2SC[C@@H]3NC(=O)N[C@@H]32)C(C)C)NC(=O)[C@H](CC(N)=O)NC(=O)[C@H]([C@@H](C)O)NC(=O)[C@H]([C@@H](C)CC)NC1=O. The van der Waals surface area contributed by atoms with E-state index in [1.54, 1.807) is 26.0 Å². The van der Waals surface area contributed by atoms with Gasteiger partial charge in [-0.25, -0.2) is 4.79 Å². The van der Waals surface area contributed by atoms with Crippen LogP contribution in [-0.4, -0.2) is 365 Å². The van der Waals surface area contributed by atoms with Gasteiger partial charge in [0.15, 0.2) is 0 Å². The van der Waals surface area contributed by atoms with Crippen molar-refractivity contribution in [2.24, 2.45) is 46.4 Å². The second kappa shape index (κ2) is 68.3. The Morgan fingerprint density at radius 2 is 0.972 bits per heavy atom. The zero-order valence-electron chi connectivity index (χ0n) is 84.4. The molecule has 0 aliphatic carbocycles. The number of nitrogens with one attached hydrogen (secondary N) is 16. The van der Waals surface area contributed by atoms with Crippen LogP contribution in [0.1, 0.15) is 192 Å². The molecule has 52 nitrogen and oxygen atoms in total. The molecule has 3 heterocycles. The maximum Gasteiger partial charge on any atom is 0.315 e. The highest BCUT2D eigenvalue weighted by atomic mass is 32.2. The monoisotopic (exact) mass is 2070 g/mol. The van der Waals surface area contributed by atoms with Crippen LogP contribution in [0.15, 0.2) is 12.2 Å². The van der Waals surface area contributed by atoms with Crippen molar-refractivity contribution in [1.82, 2.24) is 85.1 Å². The topological polar surface area (TPSA) is 799 Å². The Labute approximate surface area is 842 Å². The molecule has 0 bridgehead atoms. The molecule has 20 amide bonds. The summed E-state index contributed by atoms with van der Waals surface area (Å²) in [5.74, 6) is -21.8. The summed E-state index contributed by atoms with van der Waals surface area (Å²) < 4.78 is 44.4. The van der Waals surface area contributed by atoms with E-state index in [0.29, 0.717) is 90.9 Å². The van der Waals surface area contributed by atoms with Crippen molar-refractivity contribution in [2.45, 2.75) is 299 Å². The molecule has 3 rings (SSSR count). The summed E-state index contributed by atoms with van der Waals surface area (Å²) in [6, 6.07) is -18.7. The summed E-state index contributed by atoms with van der Waals surface area (Å²) in [6.45, 7) is 20.3. The molecular formula is C91H157N21O31S. The standard InChI is InChI=1S/C91H157N21O31S/c1-12-52(5)72(106-76(122)54(7)99-79(125)59(47-66(94)117)101-78(124)57(24-25-64(92)115)100-82(128)70(96)55(8)113)84(130)104-61(49-69(120)121)81(127)112-91(11)27-21-17-15-14-16-20-26-90(10,111-80(126)60(48-67(95)118)103-86(132)74(56(9)114)107-85(131)73(53(6)13-2)109-88(91)134)87(133)108-71(51(3)4)83(129)102-58(46-65(93)116)77(123)98-29-31-137-33-35-139-37-39-141-41-43-143-45-44-142-42-40-140-38-36-138-34-32-136-30-28-97-68(119)23-19-18-22-63-75-62(50-144-63)105-89(135)110-75/h14-15,51-63,70-75,113-114H,12-13,16-50,96H2,1-11H3,(H2,92,115)(H2,93,116)(H2,94,117)(H2,95,118)(H,97,119)(H,98,123)(H,99,125)(H,100,128)(H,101,124)(H,102,129)(H,103,132)(H,104,130)(H,106,122)(H,107,131)(H,108,133)(H,109,134)(H,111,126)(H,112,127)(H,120,121)(H2,105,110,135)/b15-14-/t52-,53-,54-,55+,56+,57-,58-,59-,60-,61-,62-,63-,70-,71-,72-,73-,74-,75-,90-,91-/m0/s1. The number of aliphatic hydroxyl groups is 2. The smallest absolute Gasteiger partial charge is 0.315 e. The number of aliphatic carboxylic acids is 1. The number of allylic oxidation sites excluding steroid dienone is 2. The quantitative estimate of drug-likeness (QED) is 0.0153. The molecule has 2 saturated heterocycles. The molecule has 53 heteroatoms. The number of carboxylic acids is 1. The highest BCUT2D eigenvalue weighted by Gasteiger charge is 2.47. The number of unbranched alkanes of at least 4 members (excludes halogenated alkanes) is 1. The maximum atomic E-state index is 15.0. The summed E-state index contributed by atoms with van der Waals surface area (Å²) in [4.78, 5) is 270. The summed E-state index contributed by atoms with van der Waals surface area (Å²) >= 11 is 1.86. The lowest BCUT2D eigenvalue weighted by Crippen LogP contribution is -2.66. The van der Waals surface area contributed by atoms with Gasteiger partial charge < -0.3 is 167 Å². The van der Waals surface area contributed by atoms with Crippen molar-refractivity contribution in [1.29, 1.82) is 0 Å². The van der Waals surface area contributed by atoms with Crippen LogP contribution in [0.3, 0.4) is 0 Å². The van der Waals surface area contributed by atoms with E-state index in [4.69, 9.17) is 66.6 Å². The number of carbonyl (C=O) groups excluding carboxylic acids is 19. The van der Waals surface area contributed by atoms with Gasteiger partial charge in [0.2, 0.25) is 106 Å².